The molecule has 4 nitrogen and oxygen atoms in total. The van der Waals surface area contributed by atoms with Crippen molar-refractivity contribution in [3.8, 4) is 0 Å². The summed E-state index contributed by atoms with van der Waals surface area (Å²) in [4.78, 5) is 10.3. The van der Waals surface area contributed by atoms with Crippen LogP contribution < -0.4 is 5.32 Å². The Hall–Kier alpha value is -2.34. The van der Waals surface area contributed by atoms with Gasteiger partial charge in [-0.1, -0.05) is 48.5 Å². The molecule has 0 aliphatic heterocycles. The van der Waals surface area contributed by atoms with E-state index in [-0.39, 0.29) is 17.8 Å². The van der Waals surface area contributed by atoms with Crippen LogP contribution in [0.3, 0.4) is 0 Å². The molecule has 0 heterocycles. The predicted molar refractivity (Wildman–Crippen MR) is 75.1 cm³/mol. The van der Waals surface area contributed by atoms with Crippen LogP contribution in [0.1, 0.15) is 11.1 Å². The first-order valence-corrected chi connectivity index (χ1v) is 6.37. The third kappa shape index (κ3) is 3.82. The second-order valence-electron chi connectivity index (χ2n) is 4.56. The molecule has 0 aliphatic rings. The Labute approximate surface area is 120 Å². The van der Waals surface area contributed by atoms with E-state index in [4.69, 9.17) is 0 Å². The molecule has 6 heteroatoms. The summed E-state index contributed by atoms with van der Waals surface area (Å²) in [6.45, 7) is -0.567. The Bertz CT molecular complexity index is 618. The summed E-state index contributed by atoms with van der Waals surface area (Å²) in [7, 11) is 0. The van der Waals surface area contributed by atoms with Crippen molar-refractivity contribution in [3.05, 3.63) is 75.8 Å². The summed E-state index contributed by atoms with van der Waals surface area (Å²) in [5, 5.41) is 13.4. The Morgan fingerprint density at radius 3 is 2.33 bits per heavy atom. The van der Waals surface area contributed by atoms with Gasteiger partial charge in [-0.2, -0.15) is 8.78 Å². The number of alkyl halides is 2. The Morgan fingerprint density at radius 1 is 1.05 bits per heavy atom. The van der Waals surface area contributed by atoms with Crippen molar-refractivity contribution < 1.29 is 13.7 Å². The van der Waals surface area contributed by atoms with Crippen molar-refractivity contribution in [2.45, 2.75) is 12.5 Å². The number of nitro groups is 1. The minimum Gasteiger partial charge on any atom is -0.306 e. The minimum absolute atomic E-state index is 0.0135. The van der Waals surface area contributed by atoms with E-state index in [1.807, 2.05) is 0 Å². The molecule has 21 heavy (non-hydrogen) atoms. The van der Waals surface area contributed by atoms with E-state index in [1.165, 1.54) is 18.2 Å². The second-order valence-corrected chi connectivity index (χ2v) is 4.56. The van der Waals surface area contributed by atoms with Crippen LogP contribution in [0.2, 0.25) is 0 Å². The first-order valence-electron chi connectivity index (χ1n) is 6.37. The lowest BCUT2D eigenvalue weighted by Crippen LogP contribution is -2.30. The van der Waals surface area contributed by atoms with Gasteiger partial charge in [0.15, 0.2) is 0 Å². The van der Waals surface area contributed by atoms with E-state index in [1.54, 1.807) is 36.4 Å². The Kier molecular flexibility index (Phi) is 4.59. The average Bonchev–Trinajstić information content (AvgIpc) is 2.48. The van der Waals surface area contributed by atoms with E-state index < -0.39 is 17.4 Å². The number of nitrogens with one attached hydrogen (secondary N) is 1. The molecule has 0 atom stereocenters. The molecule has 0 fully saturated rings. The van der Waals surface area contributed by atoms with E-state index >= 15 is 0 Å². The number of rotatable bonds is 6. The lowest BCUT2D eigenvalue weighted by molar-refractivity contribution is -0.385. The lowest BCUT2D eigenvalue weighted by atomic mass is 10.1. The van der Waals surface area contributed by atoms with Crippen molar-refractivity contribution in [2.75, 3.05) is 6.54 Å². The van der Waals surface area contributed by atoms with Gasteiger partial charge in [0.25, 0.3) is 11.6 Å². The van der Waals surface area contributed by atoms with Crippen molar-refractivity contribution >= 4 is 5.69 Å². The largest absolute Gasteiger partial charge is 0.306 e. The fourth-order valence-electron chi connectivity index (χ4n) is 1.98. The van der Waals surface area contributed by atoms with Crippen LogP contribution in [0, 0.1) is 10.1 Å². The van der Waals surface area contributed by atoms with Crippen LogP contribution in [0.25, 0.3) is 0 Å². The van der Waals surface area contributed by atoms with Crippen molar-refractivity contribution in [2.24, 2.45) is 0 Å². The standard InChI is InChI=1S/C15H14F2N2O2/c16-15(17,13-7-2-1-3-8-13)11-18-10-12-6-4-5-9-14(12)19(20)21/h1-9,18H,10-11H2. The van der Waals surface area contributed by atoms with Crippen LogP contribution in [0.4, 0.5) is 14.5 Å². The van der Waals surface area contributed by atoms with Crippen molar-refractivity contribution in [1.29, 1.82) is 0 Å². The highest BCUT2D eigenvalue weighted by Gasteiger charge is 2.30. The van der Waals surface area contributed by atoms with Gasteiger partial charge in [0.1, 0.15) is 0 Å². The number of hydrogen-bond acceptors (Lipinski definition) is 3. The van der Waals surface area contributed by atoms with Gasteiger partial charge >= 0.3 is 0 Å². The molecule has 0 aromatic heterocycles. The lowest BCUT2D eigenvalue weighted by Gasteiger charge is -2.17. The van der Waals surface area contributed by atoms with E-state index in [0.29, 0.717) is 5.56 Å². The van der Waals surface area contributed by atoms with E-state index in [0.717, 1.165) is 0 Å². The molecule has 0 spiro atoms. The first-order chi connectivity index (χ1) is 10.0. The average molecular weight is 292 g/mol. The number of para-hydroxylation sites is 1. The van der Waals surface area contributed by atoms with Crippen molar-refractivity contribution in [1.82, 2.24) is 5.32 Å². The topological polar surface area (TPSA) is 55.2 Å². The van der Waals surface area contributed by atoms with Gasteiger partial charge in [0.2, 0.25) is 0 Å². The van der Waals surface area contributed by atoms with Gasteiger partial charge in [-0.05, 0) is 0 Å². The smallest absolute Gasteiger partial charge is 0.285 e. The fraction of sp³-hybridized carbons (Fsp3) is 0.200. The maximum absolute atomic E-state index is 13.9. The molecule has 0 saturated heterocycles. The molecule has 0 saturated carbocycles. The summed E-state index contributed by atoms with van der Waals surface area (Å²) < 4.78 is 27.8. The zero-order chi connectivity index (χ0) is 15.3. The molecule has 0 unspecified atom stereocenters. The summed E-state index contributed by atoms with van der Waals surface area (Å²) in [6, 6.07) is 13.5. The Balaban J connectivity index is 2.00. The van der Waals surface area contributed by atoms with E-state index in [2.05, 4.69) is 5.32 Å². The molecule has 0 radical (unpaired) electrons. The van der Waals surface area contributed by atoms with Crippen LogP contribution in [-0.4, -0.2) is 11.5 Å². The molecule has 1 N–H and O–H groups in total. The molecular weight excluding hydrogens is 278 g/mol. The number of hydrogen-bond donors (Lipinski definition) is 1. The molecule has 2 rings (SSSR count). The van der Waals surface area contributed by atoms with Crippen LogP contribution in [0.15, 0.2) is 54.6 Å². The quantitative estimate of drug-likeness (QED) is 0.655. The highest BCUT2D eigenvalue weighted by molar-refractivity contribution is 5.39. The third-order valence-electron chi connectivity index (χ3n) is 3.05. The maximum Gasteiger partial charge on any atom is 0.285 e. The number of halogens is 2. The maximum atomic E-state index is 13.9. The zero-order valence-corrected chi connectivity index (χ0v) is 11.1. The van der Waals surface area contributed by atoms with Gasteiger partial charge in [-0.25, -0.2) is 0 Å². The number of nitrogens with zero attached hydrogens (tertiary/aromatic N) is 1. The molecule has 110 valence electrons. The molecule has 2 aromatic rings. The Morgan fingerprint density at radius 2 is 1.67 bits per heavy atom. The van der Waals surface area contributed by atoms with Crippen LogP contribution >= 0.6 is 0 Å². The van der Waals surface area contributed by atoms with Crippen LogP contribution in [-0.2, 0) is 12.5 Å². The van der Waals surface area contributed by atoms with E-state index in [9.17, 15) is 18.9 Å². The van der Waals surface area contributed by atoms with Gasteiger partial charge < -0.3 is 5.32 Å². The highest BCUT2D eigenvalue weighted by atomic mass is 19.3. The normalized spacial score (nSPS) is 11.3. The van der Waals surface area contributed by atoms with Gasteiger partial charge in [-0.15, -0.1) is 0 Å². The number of benzene rings is 2. The third-order valence-corrected chi connectivity index (χ3v) is 3.05. The summed E-state index contributed by atoms with van der Waals surface area (Å²) in [5.74, 6) is -3.02. The monoisotopic (exact) mass is 292 g/mol. The summed E-state index contributed by atoms with van der Waals surface area (Å²) >= 11 is 0. The molecule has 0 amide bonds. The second kappa shape index (κ2) is 6.41. The molecular formula is C15H14F2N2O2. The van der Waals surface area contributed by atoms with Crippen molar-refractivity contribution in [3.63, 3.8) is 0 Å². The van der Waals surface area contributed by atoms with Gasteiger partial charge in [0, 0.05) is 23.7 Å². The number of nitro benzene ring substituents is 1. The molecule has 0 bridgehead atoms. The summed E-state index contributed by atoms with van der Waals surface area (Å²) in [5.41, 5.74) is 0.222. The SMILES string of the molecule is O=[N+]([O-])c1ccccc1CNCC(F)(F)c1ccccc1. The fourth-order valence-corrected chi connectivity index (χ4v) is 1.98. The molecule has 0 aliphatic carbocycles. The van der Waals surface area contributed by atoms with Crippen LogP contribution in [0.5, 0.6) is 0 Å². The van der Waals surface area contributed by atoms with Gasteiger partial charge in [-0.3, -0.25) is 10.1 Å². The predicted octanol–water partition coefficient (Wildman–Crippen LogP) is 3.48. The first kappa shape index (κ1) is 15.1. The molecule has 2 aromatic carbocycles. The minimum atomic E-state index is -3.02. The van der Waals surface area contributed by atoms with Gasteiger partial charge in [0.05, 0.1) is 11.5 Å². The highest BCUT2D eigenvalue weighted by Crippen LogP contribution is 2.27. The summed E-state index contributed by atoms with van der Waals surface area (Å²) in [6.07, 6.45) is 0. The zero-order valence-electron chi connectivity index (χ0n) is 11.1.